The maximum Gasteiger partial charge on any atom is 0.0879 e. The monoisotopic (exact) mass is 231 g/mol. The number of benzene rings is 1. The van der Waals surface area contributed by atoms with Gasteiger partial charge in [-0.25, -0.2) is 0 Å². The summed E-state index contributed by atoms with van der Waals surface area (Å²) in [6.45, 7) is 6.50. The Morgan fingerprint density at radius 2 is 1.88 bits per heavy atom. The second-order valence-corrected chi connectivity index (χ2v) is 6.37. The maximum atomic E-state index is 9.36. The highest BCUT2D eigenvalue weighted by Gasteiger charge is 2.62. The van der Waals surface area contributed by atoms with E-state index in [1.54, 1.807) is 0 Å². The average Bonchev–Trinajstić information content (AvgIpc) is 2.84. The summed E-state index contributed by atoms with van der Waals surface area (Å²) >= 11 is 1.84. The lowest BCUT2D eigenvalue weighted by atomic mass is 9.89. The van der Waals surface area contributed by atoms with Crippen LogP contribution >= 0.6 is 11.8 Å². The summed E-state index contributed by atoms with van der Waals surface area (Å²) in [6, 6.07) is 11.0. The molecule has 0 heterocycles. The van der Waals surface area contributed by atoms with Crippen molar-refractivity contribution in [3.63, 3.8) is 0 Å². The highest BCUT2D eigenvalue weighted by atomic mass is 32.2. The molecule has 1 saturated carbocycles. The third-order valence-corrected chi connectivity index (χ3v) is 4.48. The minimum absolute atomic E-state index is 0.140. The van der Waals surface area contributed by atoms with Gasteiger partial charge >= 0.3 is 0 Å². The van der Waals surface area contributed by atoms with Gasteiger partial charge in [-0.1, -0.05) is 32.9 Å². The van der Waals surface area contributed by atoms with Gasteiger partial charge in [0.05, 0.1) is 11.5 Å². The summed E-state index contributed by atoms with van der Waals surface area (Å²) in [5.74, 6) is 1.09. The van der Waals surface area contributed by atoms with Gasteiger partial charge in [-0.3, -0.25) is 0 Å². The Hall–Kier alpha value is -0.940. The molecule has 1 fully saturated rings. The molecule has 1 aliphatic rings. The molecule has 1 atom stereocenters. The van der Waals surface area contributed by atoms with Gasteiger partial charge in [0.1, 0.15) is 0 Å². The van der Waals surface area contributed by atoms with Crippen LogP contribution in [0.3, 0.4) is 0 Å². The van der Waals surface area contributed by atoms with Crippen molar-refractivity contribution in [1.29, 1.82) is 5.26 Å². The van der Waals surface area contributed by atoms with E-state index in [9.17, 15) is 5.26 Å². The maximum absolute atomic E-state index is 9.36. The highest BCUT2D eigenvalue weighted by Crippen LogP contribution is 2.63. The fourth-order valence-corrected chi connectivity index (χ4v) is 3.03. The first-order valence-corrected chi connectivity index (χ1v) is 6.69. The van der Waals surface area contributed by atoms with Gasteiger partial charge in [0.2, 0.25) is 0 Å². The molecule has 0 spiro atoms. The minimum atomic E-state index is -0.234. The molecule has 2 heteroatoms. The normalized spacial score (nSPS) is 26.1. The van der Waals surface area contributed by atoms with Crippen molar-refractivity contribution in [2.75, 3.05) is 5.75 Å². The molecule has 0 aromatic heterocycles. The van der Waals surface area contributed by atoms with Crippen LogP contribution in [0, 0.1) is 16.7 Å². The van der Waals surface area contributed by atoms with Gasteiger partial charge < -0.3 is 0 Å². The summed E-state index contributed by atoms with van der Waals surface area (Å²) in [5, 5.41) is 9.36. The van der Waals surface area contributed by atoms with Crippen LogP contribution in [0.2, 0.25) is 0 Å². The van der Waals surface area contributed by atoms with E-state index < -0.39 is 0 Å². The van der Waals surface area contributed by atoms with Crippen LogP contribution in [-0.4, -0.2) is 5.75 Å². The Morgan fingerprint density at radius 3 is 2.25 bits per heavy atom. The molecule has 0 radical (unpaired) electrons. The lowest BCUT2D eigenvalue weighted by molar-refractivity contribution is 0.570. The molecule has 84 valence electrons. The quantitative estimate of drug-likeness (QED) is 0.734. The van der Waals surface area contributed by atoms with Crippen LogP contribution in [0.4, 0.5) is 0 Å². The topological polar surface area (TPSA) is 23.8 Å². The molecule has 1 nitrogen and oxygen atoms in total. The van der Waals surface area contributed by atoms with Crippen LogP contribution in [0.5, 0.6) is 0 Å². The van der Waals surface area contributed by atoms with Crippen molar-refractivity contribution in [2.45, 2.75) is 37.5 Å². The van der Waals surface area contributed by atoms with Crippen molar-refractivity contribution >= 4 is 11.8 Å². The van der Waals surface area contributed by atoms with Gasteiger partial charge in [-0.15, -0.1) is 11.8 Å². The number of nitrogens with zero attached hydrogens (tertiary/aromatic N) is 1. The largest absolute Gasteiger partial charge is 0.197 e. The smallest absolute Gasteiger partial charge is 0.0879 e. The Kier molecular flexibility index (Phi) is 2.75. The van der Waals surface area contributed by atoms with Gasteiger partial charge in [0, 0.05) is 4.90 Å². The second-order valence-electron chi connectivity index (χ2n) is 5.04. The van der Waals surface area contributed by atoms with E-state index in [1.165, 1.54) is 10.5 Å². The lowest BCUT2D eigenvalue weighted by Crippen LogP contribution is -2.11. The van der Waals surface area contributed by atoms with Crippen molar-refractivity contribution in [3.05, 3.63) is 29.8 Å². The Labute approximate surface area is 102 Å². The standard InChI is InChI=1S/C14H17NS/c1-4-16-12-7-5-11(6-8-12)14(10-15)9-13(14,2)3/h5-8H,4,9H2,1-3H3. The minimum Gasteiger partial charge on any atom is -0.197 e. The molecule has 0 N–H and O–H groups in total. The summed E-state index contributed by atoms with van der Waals surface area (Å²) in [4.78, 5) is 1.29. The van der Waals surface area contributed by atoms with E-state index in [2.05, 4.69) is 51.1 Å². The van der Waals surface area contributed by atoms with Gasteiger partial charge in [0.25, 0.3) is 0 Å². The molecular formula is C14H17NS. The van der Waals surface area contributed by atoms with E-state index in [0.717, 1.165) is 12.2 Å². The zero-order valence-corrected chi connectivity index (χ0v) is 10.9. The van der Waals surface area contributed by atoms with Crippen molar-refractivity contribution < 1.29 is 0 Å². The molecule has 0 aliphatic heterocycles. The Balaban J connectivity index is 2.27. The fraction of sp³-hybridized carbons (Fsp3) is 0.500. The number of hydrogen-bond acceptors (Lipinski definition) is 2. The lowest BCUT2D eigenvalue weighted by Gasteiger charge is -2.12. The average molecular weight is 231 g/mol. The summed E-state index contributed by atoms with van der Waals surface area (Å²) in [5.41, 5.74) is 1.09. The molecule has 0 saturated heterocycles. The Morgan fingerprint density at radius 1 is 1.31 bits per heavy atom. The van der Waals surface area contributed by atoms with Crippen LogP contribution < -0.4 is 0 Å². The third kappa shape index (κ3) is 1.64. The fourth-order valence-electron chi connectivity index (χ4n) is 2.37. The summed E-state index contributed by atoms with van der Waals surface area (Å²) in [7, 11) is 0. The molecule has 2 rings (SSSR count). The zero-order valence-electron chi connectivity index (χ0n) is 10.1. The molecule has 16 heavy (non-hydrogen) atoms. The summed E-state index contributed by atoms with van der Waals surface area (Å²) < 4.78 is 0. The van der Waals surface area contributed by atoms with Gasteiger partial charge in [-0.2, -0.15) is 5.26 Å². The predicted molar refractivity (Wildman–Crippen MR) is 68.5 cm³/mol. The number of nitriles is 1. The second kappa shape index (κ2) is 3.82. The van der Waals surface area contributed by atoms with Crippen LogP contribution in [-0.2, 0) is 5.41 Å². The van der Waals surface area contributed by atoms with E-state index in [0.29, 0.717) is 0 Å². The van der Waals surface area contributed by atoms with E-state index >= 15 is 0 Å². The van der Waals surface area contributed by atoms with Gasteiger partial charge in [0.15, 0.2) is 0 Å². The SMILES string of the molecule is CCSc1ccc(C2(C#N)CC2(C)C)cc1. The number of hydrogen-bond donors (Lipinski definition) is 0. The Bertz CT molecular complexity index is 427. The molecule has 1 unspecified atom stereocenters. The first-order valence-electron chi connectivity index (χ1n) is 5.70. The van der Waals surface area contributed by atoms with Crippen molar-refractivity contribution in [1.82, 2.24) is 0 Å². The van der Waals surface area contributed by atoms with Crippen molar-refractivity contribution in [2.24, 2.45) is 5.41 Å². The molecule has 1 aliphatic carbocycles. The highest BCUT2D eigenvalue weighted by molar-refractivity contribution is 7.99. The van der Waals surface area contributed by atoms with E-state index in [1.807, 2.05) is 11.8 Å². The third-order valence-electron chi connectivity index (χ3n) is 3.59. The van der Waals surface area contributed by atoms with Crippen molar-refractivity contribution in [3.8, 4) is 6.07 Å². The molecule has 0 amide bonds. The molecular weight excluding hydrogens is 214 g/mol. The predicted octanol–water partition coefficient (Wildman–Crippen LogP) is 3.99. The van der Waals surface area contributed by atoms with E-state index in [4.69, 9.17) is 0 Å². The van der Waals surface area contributed by atoms with E-state index in [-0.39, 0.29) is 10.8 Å². The van der Waals surface area contributed by atoms with Crippen LogP contribution in [0.15, 0.2) is 29.2 Å². The molecule has 1 aromatic carbocycles. The first kappa shape index (κ1) is 11.5. The first-order chi connectivity index (χ1) is 7.55. The van der Waals surface area contributed by atoms with Crippen LogP contribution in [0.25, 0.3) is 0 Å². The summed E-state index contributed by atoms with van der Waals surface area (Å²) in [6.07, 6.45) is 0.983. The van der Waals surface area contributed by atoms with Crippen LogP contribution in [0.1, 0.15) is 32.8 Å². The number of thioether (sulfide) groups is 1. The zero-order chi connectivity index (χ0) is 11.8. The molecule has 1 aromatic rings. The molecule has 0 bridgehead atoms. The van der Waals surface area contributed by atoms with Gasteiger partial charge in [-0.05, 0) is 35.3 Å². The number of rotatable bonds is 3.